The molecule has 0 bridgehead atoms. The molecule has 1 aliphatic rings. The van der Waals surface area contributed by atoms with Crippen LogP contribution in [-0.2, 0) is 12.7 Å². The molecule has 0 aliphatic heterocycles. The third-order valence-electron chi connectivity index (χ3n) is 3.53. The molecule has 1 aromatic heterocycles. The molecule has 1 atom stereocenters. The molecule has 0 radical (unpaired) electrons. The Bertz CT molecular complexity index is 383. The van der Waals surface area contributed by atoms with Gasteiger partial charge in [-0.15, -0.1) is 0 Å². The van der Waals surface area contributed by atoms with Crippen molar-refractivity contribution in [2.45, 2.75) is 50.9 Å². The molecule has 1 aromatic rings. The highest BCUT2D eigenvalue weighted by atomic mass is 19.4. The predicted octanol–water partition coefficient (Wildman–Crippen LogP) is 2.84. The summed E-state index contributed by atoms with van der Waals surface area (Å²) in [5.41, 5.74) is -0.765. The third-order valence-corrected chi connectivity index (χ3v) is 3.53. The Labute approximate surface area is 104 Å². The van der Waals surface area contributed by atoms with Gasteiger partial charge in [0.25, 0.3) is 0 Å². The Balaban J connectivity index is 1.94. The van der Waals surface area contributed by atoms with Gasteiger partial charge >= 0.3 is 6.18 Å². The zero-order valence-corrected chi connectivity index (χ0v) is 10.0. The maximum atomic E-state index is 12.4. The summed E-state index contributed by atoms with van der Waals surface area (Å²) in [5.74, 6) is 0.192. The average molecular weight is 262 g/mol. The van der Waals surface area contributed by atoms with Crippen LogP contribution >= 0.6 is 0 Å². The zero-order valence-electron chi connectivity index (χ0n) is 10.0. The van der Waals surface area contributed by atoms with E-state index in [4.69, 9.17) is 0 Å². The van der Waals surface area contributed by atoms with E-state index in [0.717, 1.165) is 38.1 Å². The van der Waals surface area contributed by atoms with Gasteiger partial charge in [-0.25, -0.2) is 0 Å². The molecule has 1 fully saturated rings. The zero-order chi connectivity index (χ0) is 13.2. The van der Waals surface area contributed by atoms with Crippen LogP contribution in [0, 0.1) is 5.92 Å². The fourth-order valence-corrected chi connectivity index (χ4v) is 2.47. The second-order valence-corrected chi connectivity index (χ2v) is 4.91. The first-order valence-electron chi connectivity index (χ1n) is 6.24. The van der Waals surface area contributed by atoms with Crippen molar-refractivity contribution in [3.05, 3.63) is 18.0 Å². The van der Waals surface area contributed by atoms with E-state index in [1.54, 1.807) is 0 Å². The molecule has 2 rings (SSSR count). The van der Waals surface area contributed by atoms with Gasteiger partial charge in [-0.1, -0.05) is 19.3 Å². The van der Waals surface area contributed by atoms with Crippen molar-refractivity contribution in [3.63, 3.8) is 0 Å². The second-order valence-electron chi connectivity index (χ2n) is 4.91. The third kappa shape index (κ3) is 3.25. The molecule has 0 saturated heterocycles. The van der Waals surface area contributed by atoms with Gasteiger partial charge in [0.15, 0.2) is 0 Å². The number of alkyl halides is 3. The maximum absolute atomic E-state index is 12.4. The van der Waals surface area contributed by atoms with E-state index in [0.29, 0.717) is 0 Å². The van der Waals surface area contributed by atoms with Crippen LogP contribution < -0.4 is 0 Å². The summed E-state index contributed by atoms with van der Waals surface area (Å²) in [6.07, 6.45) is 2.05. The number of rotatable bonds is 3. The average Bonchev–Trinajstić information content (AvgIpc) is 2.78. The molecular weight excluding hydrogens is 245 g/mol. The van der Waals surface area contributed by atoms with Crippen molar-refractivity contribution in [2.24, 2.45) is 5.92 Å². The SMILES string of the molecule is OC(Cn1cc(C(F)(F)F)cn1)C1CCCCC1. The van der Waals surface area contributed by atoms with Crippen molar-refractivity contribution in [1.29, 1.82) is 0 Å². The maximum Gasteiger partial charge on any atom is 0.419 e. The van der Waals surface area contributed by atoms with Crippen LogP contribution in [0.2, 0.25) is 0 Å². The van der Waals surface area contributed by atoms with Gasteiger partial charge in [-0.3, -0.25) is 4.68 Å². The standard InChI is InChI=1S/C12H17F3N2O/c13-12(14,15)10-6-16-17(7-10)8-11(18)9-4-2-1-3-5-9/h6-7,9,11,18H,1-5,8H2. The second kappa shape index (κ2) is 5.30. The van der Waals surface area contributed by atoms with Crippen molar-refractivity contribution in [2.75, 3.05) is 0 Å². The molecule has 1 unspecified atom stereocenters. The fraction of sp³-hybridized carbons (Fsp3) is 0.750. The van der Waals surface area contributed by atoms with E-state index in [2.05, 4.69) is 5.10 Å². The van der Waals surface area contributed by atoms with Gasteiger partial charge in [-0.2, -0.15) is 18.3 Å². The number of hydrogen-bond acceptors (Lipinski definition) is 2. The van der Waals surface area contributed by atoms with E-state index in [9.17, 15) is 18.3 Å². The minimum absolute atomic E-state index is 0.140. The van der Waals surface area contributed by atoms with Crippen LogP contribution in [-0.4, -0.2) is 21.0 Å². The number of aromatic nitrogens is 2. The minimum Gasteiger partial charge on any atom is -0.391 e. The van der Waals surface area contributed by atoms with Gasteiger partial charge in [-0.05, 0) is 18.8 Å². The molecule has 102 valence electrons. The number of aliphatic hydroxyl groups is 1. The van der Waals surface area contributed by atoms with Gasteiger partial charge in [0.2, 0.25) is 0 Å². The van der Waals surface area contributed by atoms with Crippen LogP contribution in [0.4, 0.5) is 13.2 Å². The normalized spacial score (nSPS) is 20.0. The van der Waals surface area contributed by atoms with Gasteiger partial charge in [0, 0.05) is 6.20 Å². The topological polar surface area (TPSA) is 38.0 Å². The van der Waals surface area contributed by atoms with Gasteiger partial charge < -0.3 is 5.11 Å². The van der Waals surface area contributed by atoms with Gasteiger partial charge in [0.05, 0.1) is 24.4 Å². The van der Waals surface area contributed by atoms with E-state index < -0.39 is 17.8 Å². The molecule has 3 nitrogen and oxygen atoms in total. The lowest BCUT2D eigenvalue weighted by Gasteiger charge is -2.26. The van der Waals surface area contributed by atoms with Crippen LogP contribution in [0.3, 0.4) is 0 Å². The lowest BCUT2D eigenvalue weighted by atomic mass is 9.85. The van der Waals surface area contributed by atoms with Gasteiger partial charge in [0.1, 0.15) is 0 Å². The molecule has 0 aromatic carbocycles. The van der Waals surface area contributed by atoms with E-state index in [1.165, 1.54) is 11.1 Å². The highest BCUT2D eigenvalue weighted by Crippen LogP contribution is 2.29. The lowest BCUT2D eigenvalue weighted by Crippen LogP contribution is -2.27. The summed E-state index contributed by atoms with van der Waals surface area (Å²) in [7, 11) is 0. The Morgan fingerprint density at radius 1 is 1.33 bits per heavy atom. The molecule has 1 saturated carbocycles. The molecule has 0 amide bonds. The summed E-state index contributed by atoms with van der Waals surface area (Å²) in [4.78, 5) is 0. The number of halogens is 3. The molecule has 6 heteroatoms. The molecule has 1 heterocycles. The highest BCUT2D eigenvalue weighted by Gasteiger charge is 2.32. The van der Waals surface area contributed by atoms with Crippen LogP contribution in [0.5, 0.6) is 0 Å². The quantitative estimate of drug-likeness (QED) is 0.909. The first-order chi connectivity index (χ1) is 8.47. The molecule has 0 spiro atoms. The largest absolute Gasteiger partial charge is 0.419 e. The van der Waals surface area contributed by atoms with Crippen LogP contribution in [0.25, 0.3) is 0 Å². The van der Waals surface area contributed by atoms with Crippen LogP contribution in [0.15, 0.2) is 12.4 Å². The fourth-order valence-electron chi connectivity index (χ4n) is 2.47. The summed E-state index contributed by atoms with van der Waals surface area (Å²) in [6.45, 7) is 0.140. The summed E-state index contributed by atoms with van der Waals surface area (Å²) < 4.78 is 38.3. The van der Waals surface area contributed by atoms with Crippen LogP contribution in [0.1, 0.15) is 37.7 Å². The monoisotopic (exact) mass is 262 g/mol. The molecule has 1 N–H and O–H groups in total. The Hall–Kier alpha value is -1.04. The number of hydrogen-bond donors (Lipinski definition) is 1. The number of aliphatic hydroxyl groups excluding tert-OH is 1. The first kappa shape index (κ1) is 13.4. The van der Waals surface area contributed by atoms with Crippen molar-refractivity contribution in [1.82, 2.24) is 9.78 Å². The Kier molecular flexibility index (Phi) is 3.94. The molecular formula is C12H17F3N2O. The van der Waals surface area contributed by atoms with E-state index in [-0.39, 0.29) is 12.5 Å². The molecule has 1 aliphatic carbocycles. The summed E-state index contributed by atoms with van der Waals surface area (Å²) in [5, 5.41) is 13.7. The van der Waals surface area contributed by atoms with Crippen molar-refractivity contribution in [3.8, 4) is 0 Å². The predicted molar refractivity (Wildman–Crippen MR) is 59.8 cm³/mol. The van der Waals surface area contributed by atoms with E-state index >= 15 is 0 Å². The Morgan fingerprint density at radius 2 is 2.00 bits per heavy atom. The highest BCUT2D eigenvalue weighted by molar-refractivity contribution is 5.08. The Morgan fingerprint density at radius 3 is 2.56 bits per heavy atom. The van der Waals surface area contributed by atoms with Crippen molar-refractivity contribution >= 4 is 0 Å². The smallest absolute Gasteiger partial charge is 0.391 e. The minimum atomic E-state index is -4.37. The summed E-state index contributed by atoms with van der Waals surface area (Å²) >= 11 is 0. The number of nitrogens with zero attached hydrogens (tertiary/aromatic N) is 2. The molecule has 18 heavy (non-hydrogen) atoms. The first-order valence-corrected chi connectivity index (χ1v) is 6.24. The summed E-state index contributed by atoms with van der Waals surface area (Å²) in [6, 6.07) is 0. The van der Waals surface area contributed by atoms with E-state index in [1.807, 2.05) is 0 Å². The lowest BCUT2D eigenvalue weighted by molar-refractivity contribution is -0.137. The van der Waals surface area contributed by atoms with Crippen molar-refractivity contribution < 1.29 is 18.3 Å².